The second kappa shape index (κ2) is 21.5. The maximum atomic E-state index is 8.25. The Balaban J connectivity index is 0.00000132. The molecule has 0 bridgehead atoms. The van der Waals surface area contributed by atoms with Crippen molar-refractivity contribution in [3.63, 3.8) is 0 Å². The summed E-state index contributed by atoms with van der Waals surface area (Å²) in [6.45, 7) is 0. The van der Waals surface area contributed by atoms with Crippen LogP contribution in [0.2, 0.25) is 0 Å². The van der Waals surface area contributed by atoms with Crippen LogP contribution in [0.15, 0.2) is 243 Å². The summed E-state index contributed by atoms with van der Waals surface area (Å²) in [5.74, 6) is 0. The second-order valence-electron chi connectivity index (χ2n) is 14.6. The first-order chi connectivity index (χ1) is 31.3. The molecular formula is C58H46O2P2Zr. The van der Waals surface area contributed by atoms with Gasteiger partial charge in [0.25, 0.3) is 0 Å². The van der Waals surface area contributed by atoms with E-state index in [0.29, 0.717) is 0 Å². The van der Waals surface area contributed by atoms with E-state index in [1.54, 1.807) is 0 Å². The summed E-state index contributed by atoms with van der Waals surface area (Å²) in [5, 5.41) is 22.6. The molecule has 0 radical (unpaired) electrons. The van der Waals surface area contributed by atoms with Gasteiger partial charge in [-0.15, -0.1) is 0 Å². The molecular weight excluding hydrogens is 882 g/mol. The van der Waals surface area contributed by atoms with Crippen LogP contribution in [0, 0.1) is 0 Å². The fourth-order valence-electron chi connectivity index (χ4n) is 8.47. The van der Waals surface area contributed by atoms with Crippen molar-refractivity contribution in [1.29, 1.82) is 0 Å². The molecule has 304 valence electrons. The molecule has 0 amide bonds. The topological polar surface area (TPSA) is 46.1 Å². The van der Waals surface area contributed by atoms with Gasteiger partial charge in [-0.3, -0.25) is 0 Å². The van der Waals surface area contributed by atoms with Gasteiger partial charge in [0, 0.05) is 0 Å². The molecule has 2 nitrogen and oxygen atoms in total. The molecule has 0 saturated heterocycles. The van der Waals surface area contributed by atoms with E-state index < -0.39 is 31.7 Å². The Bertz CT molecular complexity index is 2550. The van der Waals surface area contributed by atoms with Crippen LogP contribution in [0.4, 0.5) is 0 Å². The van der Waals surface area contributed by atoms with E-state index in [1.807, 2.05) is 0 Å². The Labute approximate surface area is 384 Å². The number of hydrogen-bond acceptors (Lipinski definition) is 2. The van der Waals surface area contributed by atoms with Crippen LogP contribution in [-0.2, 0) is 22.1 Å². The fraction of sp³-hybridized carbons (Fsp3) is 0.0345. The third-order valence-corrected chi connectivity index (χ3v) is 31.7. The summed E-state index contributed by atoms with van der Waals surface area (Å²) in [5.41, 5.74) is 16.1. The van der Waals surface area contributed by atoms with Gasteiger partial charge in [-0.05, 0) is 0 Å². The first-order valence-electron chi connectivity index (χ1n) is 20.9. The summed E-state index contributed by atoms with van der Waals surface area (Å²) in [7, 11) is 1.50. The van der Waals surface area contributed by atoms with Crippen molar-refractivity contribution in [2.24, 2.45) is 0 Å². The van der Waals surface area contributed by atoms with Crippen molar-refractivity contribution in [3.05, 3.63) is 243 Å². The SMILES string of the molecule is C[O-].C[O-].c1ccc(-c2c(-c3ccccc3)c(-c3ccccc3)[p]([Zr+2][p]3c(-c4ccccc4)c(-c4ccccc4)c(-c4ccccc4)c3-c3ccccc3)c2-c2ccccc2)cc1. The van der Waals surface area contributed by atoms with Gasteiger partial charge in [0.05, 0.1) is 0 Å². The Hall–Kier alpha value is -5.88. The predicted octanol–water partition coefficient (Wildman–Crippen LogP) is 15.3. The zero-order valence-electron chi connectivity index (χ0n) is 35.3. The summed E-state index contributed by atoms with van der Waals surface area (Å²) >= 11 is -1.51. The van der Waals surface area contributed by atoms with Crippen molar-refractivity contribution >= 4 is 9.65 Å². The van der Waals surface area contributed by atoms with E-state index in [2.05, 4.69) is 243 Å². The van der Waals surface area contributed by atoms with Crippen LogP contribution < -0.4 is 10.2 Å². The molecule has 63 heavy (non-hydrogen) atoms. The normalized spacial score (nSPS) is 10.5. The van der Waals surface area contributed by atoms with E-state index in [9.17, 15) is 0 Å². The standard InChI is InChI=1S/2C28H20P.2CH3O.Zr/c2*1-5-13-21(14-6-1)25-26(22-15-7-2-8-16-22)28(24-19-11-4-12-20-24)29-27(25)23-17-9-3-10-18-23;2*1-2;/h2*1-20H;2*1H3;/q4*-1;+4. The van der Waals surface area contributed by atoms with Gasteiger partial charge in [-0.1, -0.05) is 0 Å². The average Bonchev–Trinajstić information content (AvgIpc) is 3.91. The number of hydrogen-bond donors (Lipinski definition) is 0. The quantitative estimate of drug-likeness (QED) is 0.137. The number of rotatable bonds is 10. The molecule has 0 aliphatic heterocycles. The minimum atomic E-state index is -1.51. The van der Waals surface area contributed by atoms with Crippen molar-refractivity contribution < 1.29 is 32.3 Å². The van der Waals surface area contributed by atoms with Crippen LogP contribution in [0.5, 0.6) is 0 Å². The van der Waals surface area contributed by atoms with Crippen molar-refractivity contribution in [1.82, 2.24) is 0 Å². The van der Waals surface area contributed by atoms with Crippen molar-refractivity contribution in [2.75, 3.05) is 14.2 Å². The first kappa shape index (κ1) is 43.8. The van der Waals surface area contributed by atoms with Crippen LogP contribution in [0.3, 0.4) is 0 Å². The number of benzene rings is 8. The molecule has 0 saturated carbocycles. The molecule has 0 spiro atoms. The molecule has 0 aliphatic rings. The van der Waals surface area contributed by atoms with E-state index >= 15 is 0 Å². The van der Waals surface area contributed by atoms with Gasteiger partial charge in [0.2, 0.25) is 0 Å². The Morgan fingerprint density at radius 2 is 0.365 bits per heavy atom. The van der Waals surface area contributed by atoms with Gasteiger partial charge < -0.3 is 10.2 Å². The molecule has 10 aromatic rings. The minimum absolute atomic E-state index is 0.750. The molecule has 0 fully saturated rings. The molecule has 10 rings (SSSR count). The molecule has 0 aliphatic carbocycles. The zero-order valence-corrected chi connectivity index (χ0v) is 39.6. The van der Waals surface area contributed by atoms with E-state index in [0.717, 1.165) is 14.2 Å². The zero-order chi connectivity index (χ0) is 43.4. The third kappa shape index (κ3) is 9.14. The predicted molar refractivity (Wildman–Crippen MR) is 264 cm³/mol. The first-order valence-corrected chi connectivity index (χ1v) is 30.2. The van der Waals surface area contributed by atoms with Crippen molar-refractivity contribution in [3.8, 4) is 87.9 Å². The second-order valence-corrected chi connectivity index (χ2v) is 29.5. The molecule has 0 unspecified atom stereocenters. The van der Waals surface area contributed by atoms with E-state index in [4.69, 9.17) is 10.2 Å². The summed E-state index contributed by atoms with van der Waals surface area (Å²) in [6, 6.07) is 90.5. The fourth-order valence-corrected chi connectivity index (χ4v) is 35.2. The summed E-state index contributed by atoms with van der Waals surface area (Å²) < 4.78 is 0. The average molecular weight is 928 g/mol. The summed E-state index contributed by atoms with van der Waals surface area (Å²) in [4.78, 5) is -1.56. The Morgan fingerprint density at radius 1 is 0.222 bits per heavy atom. The van der Waals surface area contributed by atoms with Crippen molar-refractivity contribution in [2.45, 2.75) is 0 Å². The van der Waals surface area contributed by atoms with Crippen LogP contribution >= 0.6 is 9.65 Å². The van der Waals surface area contributed by atoms with E-state index in [-0.39, 0.29) is 0 Å². The molecule has 0 atom stereocenters. The van der Waals surface area contributed by atoms with Gasteiger partial charge in [0.1, 0.15) is 0 Å². The van der Waals surface area contributed by atoms with Gasteiger partial charge >= 0.3 is 362 Å². The van der Waals surface area contributed by atoms with Gasteiger partial charge in [-0.2, -0.15) is 14.2 Å². The third-order valence-electron chi connectivity index (χ3n) is 11.0. The van der Waals surface area contributed by atoms with E-state index in [1.165, 1.54) is 87.9 Å². The molecule has 2 aromatic heterocycles. The van der Waals surface area contributed by atoms with Gasteiger partial charge in [-0.25, -0.2) is 0 Å². The van der Waals surface area contributed by atoms with Crippen LogP contribution in [-0.4, -0.2) is 14.2 Å². The Morgan fingerprint density at radius 3 is 0.524 bits per heavy atom. The molecule has 2 heterocycles. The molecule has 0 N–H and O–H groups in total. The van der Waals surface area contributed by atoms with Gasteiger partial charge in [0.15, 0.2) is 0 Å². The van der Waals surface area contributed by atoms with Crippen LogP contribution in [0.25, 0.3) is 87.9 Å². The maximum absolute atomic E-state index is 8.25. The summed E-state index contributed by atoms with van der Waals surface area (Å²) in [6.07, 6.45) is 0. The van der Waals surface area contributed by atoms with Crippen LogP contribution in [0.1, 0.15) is 0 Å². The molecule has 8 aromatic carbocycles. The Kier molecular flexibility index (Phi) is 14.9. The molecule has 5 heteroatoms. The monoisotopic (exact) mass is 926 g/mol.